The van der Waals surface area contributed by atoms with Crippen LogP contribution in [0.2, 0.25) is 0 Å². The van der Waals surface area contributed by atoms with Crippen molar-refractivity contribution in [1.29, 1.82) is 0 Å². The summed E-state index contributed by atoms with van der Waals surface area (Å²) in [4.78, 5) is 21.4. The van der Waals surface area contributed by atoms with Crippen molar-refractivity contribution in [1.82, 2.24) is 0 Å². The third-order valence-electron chi connectivity index (χ3n) is 2.21. The lowest BCUT2D eigenvalue weighted by Gasteiger charge is -2.18. The van der Waals surface area contributed by atoms with Crippen LogP contribution in [0.4, 0.5) is 0 Å². The Hall–Kier alpha value is -2.30. The maximum atomic E-state index is 10.7. The first-order chi connectivity index (χ1) is 7.58. The van der Waals surface area contributed by atoms with Gasteiger partial charge in [-0.15, -0.1) is 0 Å². The number of rotatable bonds is 2. The first kappa shape index (κ1) is 10.2. The van der Waals surface area contributed by atoms with E-state index in [1.165, 1.54) is 18.2 Å². The van der Waals surface area contributed by atoms with Gasteiger partial charge in [0.25, 0.3) is 0 Å². The van der Waals surface area contributed by atoms with Gasteiger partial charge in [-0.05, 0) is 18.2 Å². The Morgan fingerprint density at radius 2 is 2.00 bits per heavy atom. The first-order valence-corrected chi connectivity index (χ1v) is 4.53. The molecule has 1 atom stereocenters. The third-order valence-corrected chi connectivity index (χ3v) is 2.21. The second-order valence-corrected chi connectivity index (χ2v) is 3.29. The van der Waals surface area contributed by atoms with Crippen molar-refractivity contribution in [2.45, 2.75) is 6.10 Å². The zero-order chi connectivity index (χ0) is 11.7. The molecule has 0 radical (unpaired) electrons. The summed E-state index contributed by atoms with van der Waals surface area (Å²) in [5.41, 5.74) is 0.737. The fraction of sp³-hybridized carbons (Fsp3) is 0.0909. The van der Waals surface area contributed by atoms with Gasteiger partial charge in [0.2, 0.25) is 6.10 Å². The highest BCUT2D eigenvalue weighted by molar-refractivity contribution is 5.89. The molecule has 1 aliphatic rings. The van der Waals surface area contributed by atoms with Crippen molar-refractivity contribution < 1.29 is 24.5 Å². The van der Waals surface area contributed by atoms with Crippen LogP contribution in [0, 0.1) is 0 Å². The van der Waals surface area contributed by atoms with E-state index in [1.54, 1.807) is 12.1 Å². The third kappa shape index (κ3) is 1.75. The number of fused-ring (bicyclic) bond motifs is 1. The number of hydrogen-bond acceptors (Lipinski definition) is 3. The molecule has 1 aromatic carbocycles. The van der Waals surface area contributed by atoms with E-state index in [4.69, 9.17) is 14.9 Å². The van der Waals surface area contributed by atoms with Crippen molar-refractivity contribution in [2.24, 2.45) is 0 Å². The summed E-state index contributed by atoms with van der Waals surface area (Å²) in [6.45, 7) is 0. The van der Waals surface area contributed by atoms with E-state index in [2.05, 4.69) is 0 Å². The Morgan fingerprint density at radius 1 is 1.25 bits per heavy atom. The molecule has 5 heteroatoms. The van der Waals surface area contributed by atoms with Crippen LogP contribution in [-0.4, -0.2) is 28.3 Å². The van der Waals surface area contributed by atoms with Crippen LogP contribution in [0.3, 0.4) is 0 Å². The van der Waals surface area contributed by atoms with Crippen molar-refractivity contribution in [3.63, 3.8) is 0 Å². The Bertz CT molecular complexity index is 489. The number of carboxylic acid groups (broad SMARTS) is 2. The summed E-state index contributed by atoms with van der Waals surface area (Å²) in [7, 11) is 0. The second kappa shape index (κ2) is 3.69. The molecule has 1 aliphatic heterocycles. The van der Waals surface area contributed by atoms with Crippen molar-refractivity contribution >= 4 is 18.0 Å². The minimum absolute atomic E-state index is 0.0678. The van der Waals surface area contributed by atoms with Gasteiger partial charge < -0.3 is 14.9 Å². The number of ether oxygens (including phenoxy) is 1. The van der Waals surface area contributed by atoms with Gasteiger partial charge in [0.15, 0.2) is 0 Å². The number of carbonyl (C=O) groups is 2. The van der Waals surface area contributed by atoms with Gasteiger partial charge >= 0.3 is 11.9 Å². The standard InChI is InChI=1S/C11H8O5/c12-10(13)7-2-1-6-3-4-8(11(14)15)16-9(6)5-7/h1-5,8H,(H,12,13)(H,14,15). The summed E-state index contributed by atoms with van der Waals surface area (Å²) in [5.74, 6) is -1.91. The summed E-state index contributed by atoms with van der Waals surface area (Å²) < 4.78 is 5.13. The lowest BCUT2D eigenvalue weighted by molar-refractivity contribution is -0.142. The quantitative estimate of drug-likeness (QED) is 0.783. The number of aromatic carboxylic acids is 1. The molecule has 1 unspecified atom stereocenters. The van der Waals surface area contributed by atoms with E-state index >= 15 is 0 Å². The molecule has 16 heavy (non-hydrogen) atoms. The highest BCUT2D eigenvalue weighted by Crippen LogP contribution is 2.27. The molecule has 5 nitrogen and oxygen atoms in total. The van der Waals surface area contributed by atoms with E-state index < -0.39 is 18.0 Å². The number of hydrogen-bond donors (Lipinski definition) is 2. The molecule has 2 rings (SSSR count). The van der Waals surface area contributed by atoms with Crippen molar-refractivity contribution in [3.05, 3.63) is 35.4 Å². The second-order valence-electron chi connectivity index (χ2n) is 3.29. The zero-order valence-corrected chi connectivity index (χ0v) is 8.08. The molecular formula is C11H8O5. The topological polar surface area (TPSA) is 83.8 Å². The summed E-state index contributed by atoms with van der Waals surface area (Å²) in [6.07, 6.45) is 1.95. The predicted octanol–water partition coefficient (Wildman–Crippen LogP) is 1.24. The number of benzene rings is 1. The van der Waals surface area contributed by atoms with Gasteiger partial charge in [0.05, 0.1) is 5.56 Å². The molecule has 0 aliphatic carbocycles. The van der Waals surface area contributed by atoms with Gasteiger partial charge in [0, 0.05) is 5.56 Å². The number of aliphatic carboxylic acids is 1. The maximum Gasteiger partial charge on any atom is 0.349 e. The summed E-state index contributed by atoms with van der Waals surface area (Å²) >= 11 is 0. The predicted molar refractivity (Wildman–Crippen MR) is 54.5 cm³/mol. The summed E-state index contributed by atoms with van der Waals surface area (Å²) in [6, 6.07) is 4.33. The van der Waals surface area contributed by atoms with E-state index in [0.717, 1.165) is 0 Å². The van der Waals surface area contributed by atoms with E-state index in [-0.39, 0.29) is 11.3 Å². The monoisotopic (exact) mass is 220 g/mol. The normalized spacial score (nSPS) is 17.4. The van der Waals surface area contributed by atoms with Gasteiger partial charge in [-0.3, -0.25) is 0 Å². The first-order valence-electron chi connectivity index (χ1n) is 4.53. The highest BCUT2D eigenvalue weighted by Gasteiger charge is 2.21. The Labute approximate surface area is 90.6 Å². The van der Waals surface area contributed by atoms with E-state index in [9.17, 15) is 9.59 Å². The minimum Gasteiger partial charge on any atom is -0.478 e. The average molecular weight is 220 g/mol. The molecule has 0 bridgehead atoms. The van der Waals surface area contributed by atoms with E-state index in [1.807, 2.05) is 0 Å². The SMILES string of the molecule is O=C(O)c1ccc2c(c1)OC(C(=O)O)C=C2. The zero-order valence-electron chi connectivity index (χ0n) is 8.08. The molecule has 0 spiro atoms. The van der Waals surface area contributed by atoms with Crippen molar-refractivity contribution in [3.8, 4) is 5.75 Å². The Kier molecular flexibility index (Phi) is 2.36. The molecular weight excluding hydrogens is 212 g/mol. The summed E-state index contributed by atoms with van der Waals surface area (Å²) in [5, 5.41) is 17.5. The van der Waals surface area contributed by atoms with Gasteiger partial charge in [-0.25, -0.2) is 9.59 Å². The fourth-order valence-corrected chi connectivity index (χ4v) is 1.41. The molecule has 0 aromatic heterocycles. The molecule has 0 fully saturated rings. The minimum atomic E-state index is -1.11. The van der Waals surface area contributed by atoms with Crippen LogP contribution in [0.5, 0.6) is 5.75 Å². The molecule has 82 valence electrons. The fourth-order valence-electron chi connectivity index (χ4n) is 1.41. The van der Waals surface area contributed by atoms with Crippen LogP contribution in [0.1, 0.15) is 15.9 Å². The molecule has 2 N–H and O–H groups in total. The highest BCUT2D eigenvalue weighted by atomic mass is 16.5. The van der Waals surface area contributed by atoms with Gasteiger partial charge in [0.1, 0.15) is 5.75 Å². The molecule has 0 saturated carbocycles. The van der Waals surface area contributed by atoms with Crippen LogP contribution in [0.15, 0.2) is 24.3 Å². The van der Waals surface area contributed by atoms with Crippen LogP contribution in [0.25, 0.3) is 6.08 Å². The van der Waals surface area contributed by atoms with Gasteiger partial charge in [-0.1, -0.05) is 12.1 Å². The van der Waals surface area contributed by atoms with Crippen molar-refractivity contribution in [2.75, 3.05) is 0 Å². The molecule has 0 amide bonds. The van der Waals surface area contributed by atoms with Crippen LogP contribution in [-0.2, 0) is 4.79 Å². The Morgan fingerprint density at radius 3 is 2.62 bits per heavy atom. The largest absolute Gasteiger partial charge is 0.478 e. The lowest BCUT2D eigenvalue weighted by atomic mass is 10.1. The van der Waals surface area contributed by atoms with Gasteiger partial charge in [-0.2, -0.15) is 0 Å². The molecule has 1 heterocycles. The Balaban J connectivity index is 2.38. The van der Waals surface area contributed by atoms with E-state index in [0.29, 0.717) is 5.56 Å². The number of carboxylic acids is 2. The average Bonchev–Trinajstić information content (AvgIpc) is 2.27. The molecule has 0 saturated heterocycles. The molecule has 1 aromatic rings. The van der Waals surface area contributed by atoms with Crippen LogP contribution < -0.4 is 4.74 Å². The maximum absolute atomic E-state index is 10.7. The lowest BCUT2D eigenvalue weighted by Crippen LogP contribution is -2.26. The smallest absolute Gasteiger partial charge is 0.349 e. The van der Waals surface area contributed by atoms with Crippen LogP contribution >= 0.6 is 0 Å².